The molecule has 0 radical (unpaired) electrons. The Kier molecular flexibility index (Phi) is 4.67. The Balaban J connectivity index is 2.70. The molecule has 0 saturated carbocycles. The van der Waals surface area contributed by atoms with Gasteiger partial charge in [-0.3, -0.25) is 0 Å². The lowest BCUT2D eigenvalue weighted by Gasteiger charge is -2.11. The molecule has 14 heavy (non-hydrogen) atoms. The molecular weight excluding hydrogens is 236 g/mol. The summed E-state index contributed by atoms with van der Waals surface area (Å²) in [7, 11) is 0. The van der Waals surface area contributed by atoms with Gasteiger partial charge < -0.3 is 0 Å². The Morgan fingerprint density at radius 2 is 1.93 bits per heavy atom. The van der Waals surface area contributed by atoms with Crippen molar-refractivity contribution in [1.82, 2.24) is 0 Å². The van der Waals surface area contributed by atoms with E-state index < -0.39 is 0 Å². The van der Waals surface area contributed by atoms with E-state index in [-0.39, 0.29) is 0 Å². The number of unbranched alkanes of at least 4 members (excludes halogenated alkanes) is 1. The summed E-state index contributed by atoms with van der Waals surface area (Å²) in [5, 5.41) is 0. The van der Waals surface area contributed by atoms with Crippen LogP contribution >= 0.6 is 15.9 Å². The molecule has 1 heteroatoms. The maximum Gasteiger partial charge on any atom is 0.0395 e. The van der Waals surface area contributed by atoms with Crippen LogP contribution in [-0.2, 0) is 0 Å². The van der Waals surface area contributed by atoms with E-state index in [2.05, 4.69) is 54.9 Å². The van der Waals surface area contributed by atoms with Crippen LogP contribution in [0.15, 0.2) is 18.2 Å². The van der Waals surface area contributed by atoms with E-state index in [0.29, 0.717) is 4.83 Å². The first-order valence-electron chi connectivity index (χ1n) is 5.36. The van der Waals surface area contributed by atoms with Crippen LogP contribution in [0.2, 0.25) is 0 Å². The average molecular weight is 255 g/mol. The number of halogens is 1. The van der Waals surface area contributed by atoms with E-state index in [1.807, 2.05) is 0 Å². The summed E-state index contributed by atoms with van der Waals surface area (Å²) in [4.78, 5) is 0.529. The minimum absolute atomic E-state index is 0.529. The molecule has 0 N–H and O–H groups in total. The topological polar surface area (TPSA) is 0 Å². The number of benzene rings is 1. The van der Waals surface area contributed by atoms with Crippen molar-refractivity contribution in [2.45, 2.75) is 44.9 Å². The minimum atomic E-state index is 0.529. The van der Waals surface area contributed by atoms with Crippen molar-refractivity contribution < 1.29 is 0 Å². The van der Waals surface area contributed by atoms with Gasteiger partial charge in [0.05, 0.1) is 0 Å². The zero-order valence-electron chi connectivity index (χ0n) is 9.31. The van der Waals surface area contributed by atoms with E-state index in [4.69, 9.17) is 0 Å². The van der Waals surface area contributed by atoms with Crippen LogP contribution in [0.4, 0.5) is 0 Å². The molecule has 0 aromatic heterocycles. The Labute approximate surface area is 95.9 Å². The largest absolute Gasteiger partial charge is 0.0839 e. The van der Waals surface area contributed by atoms with Gasteiger partial charge in [0.15, 0.2) is 0 Å². The average Bonchev–Trinajstić information content (AvgIpc) is 2.18. The van der Waals surface area contributed by atoms with Crippen molar-refractivity contribution in [2.75, 3.05) is 0 Å². The molecule has 0 spiro atoms. The van der Waals surface area contributed by atoms with Crippen LogP contribution < -0.4 is 0 Å². The molecule has 0 saturated heterocycles. The van der Waals surface area contributed by atoms with Gasteiger partial charge >= 0.3 is 0 Å². The van der Waals surface area contributed by atoms with Crippen molar-refractivity contribution in [3.05, 3.63) is 34.9 Å². The van der Waals surface area contributed by atoms with Crippen molar-refractivity contribution in [2.24, 2.45) is 0 Å². The SMILES string of the molecule is CCCCC(Br)c1ccc(C)c(C)c1. The molecule has 1 aromatic carbocycles. The molecule has 0 aliphatic rings. The lowest BCUT2D eigenvalue weighted by Crippen LogP contribution is -1.92. The zero-order valence-corrected chi connectivity index (χ0v) is 10.9. The standard InChI is InChI=1S/C13H19Br/c1-4-5-6-13(14)12-8-7-10(2)11(3)9-12/h7-9,13H,4-6H2,1-3H3. The quantitative estimate of drug-likeness (QED) is 0.669. The van der Waals surface area contributed by atoms with Gasteiger partial charge in [-0.05, 0) is 37.0 Å². The predicted molar refractivity (Wildman–Crippen MR) is 67.1 cm³/mol. The van der Waals surface area contributed by atoms with Crippen molar-refractivity contribution >= 4 is 15.9 Å². The van der Waals surface area contributed by atoms with E-state index in [1.54, 1.807) is 0 Å². The highest BCUT2D eigenvalue weighted by molar-refractivity contribution is 9.09. The van der Waals surface area contributed by atoms with Crippen LogP contribution in [0.25, 0.3) is 0 Å². The highest BCUT2D eigenvalue weighted by atomic mass is 79.9. The third-order valence-electron chi connectivity index (χ3n) is 2.70. The summed E-state index contributed by atoms with van der Waals surface area (Å²) in [5.74, 6) is 0. The summed E-state index contributed by atoms with van der Waals surface area (Å²) >= 11 is 3.75. The lowest BCUT2D eigenvalue weighted by molar-refractivity contribution is 0.712. The highest BCUT2D eigenvalue weighted by Crippen LogP contribution is 2.29. The van der Waals surface area contributed by atoms with Gasteiger partial charge in [-0.25, -0.2) is 0 Å². The fourth-order valence-corrected chi connectivity index (χ4v) is 2.12. The molecule has 1 unspecified atom stereocenters. The van der Waals surface area contributed by atoms with Gasteiger partial charge in [0, 0.05) is 4.83 Å². The molecule has 0 nitrogen and oxygen atoms in total. The second-order valence-corrected chi connectivity index (χ2v) is 5.06. The van der Waals surface area contributed by atoms with Crippen LogP contribution in [0.1, 0.15) is 47.7 Å². The van der Waals surface area contributed by atoms with E-state index >= 15 is 0 Å². The number of hydrogen-bond acceptors (Lipinski definition) is 0. The first-order valence-corrected chi connectivity index (χ1v) is 6.28. The van der Waals surface area contributed by atoms with Crippen molar-refractivity contribution in [1.29, 1.82) is 0 Å². The van der Waals surface area contributed by atoms with Crippen molar-refractivity contribution in [3.63, 3.8) is 0 Å². The minimum Gasteiger partial charge on any atom is -0.0839 e. The van der Waals surface area contributed by atoms with E-state index in [0.717, 1.165) is 0 Å². The van der Waals surface area contributed by atoms with Gasteiger partial charge in [-0.1, -0.05) is 53.9 Å². The summed E-state index contributed by atoms with van der Waals surface area (Å²) in [5.41, 5.74) is 4.19. The monoisotopic (exact) mass is 254 g/mol. The van der Waals surface area contributed by atoms with Crippen LogP contribution in [0.3, 0.4) is 0 Å². The Morgan fingerprint density at radius 1 is 1.21 bits per heavy atom. The molecule has 78 valence electrons. The van der Waals surface area contributed by atoms with Crippen LogP contribution in [0.5, 0.6) is 0 Å². The van der Waals surface area contributed by atoms with Gasteiger partial charge in [-0.15, -0.1) is 0 Å². The van der Waals surface area contributed by atoms with Crippen LogP contribution in [-0.4, -0.2) is 0 Å². The smallest absolute Gasteiger partial charge is 0.0395 e. The third kappa shape index (κ3) is 3.13. The molecule has 1 aromatic rings. The summed E-state index contributed by atoms with van der Waals surface area (Å²) in [6, 6.07) is 6.74. The highest BCUT2D eigenvalue weighted by Gasteiger charge is 2.07. The first-order chi connectivity index (χ1) is 6.65. The molecule has 0 bridgehead atoms. The van der Waals surface area contributed by atoms with E-state index in [1.165, 1.54) is 36.0 Å². The number of aryl methyl sites for hydroxylation is 2. The predicted octanol–water partition coefficient (Wildman–Crippen LogP) is 4.93. The summed E-state index contributed by atoms with van der Waals surface area (Å²) in [6.45, 7) is 6.58. The zero-order chi connectivity index (χ0) is 10.6. The summed E-state index contributed by atoms with van der Waals surface area (Å²) < 4.78 is 0. The molecule has 0 aliphatic heterocycles. The molecule has 0 amide bonds. The molecule has 1 atom stereocenters. The molecule has 0 heterocycles. The first kappa shape index (κ1) is 11.8. The third-order valence-corrected chi connectivity index (χ3v) is 3.69. The van der Waals surface area contributed by atoms with Gasteiger partial charge in [-0.2, -0.15) is 0 Å². The second-order valence-electron chi connectivity index (χ2n) is 3.95. The Morgan fingerprint density at radius 3 is 2.50 bits per heavy atom. The van der Waals surface area contributed by atoms with Crippen molar-refractivity contribution in [3.8, 4) is 0 Å². The number of rotatable bonds is 4. The lowest BCUT2D eigenvalue weighted by atomic mass is 10.0. The Bertz CT molecular complexity index is 291. The maximum atomic E-state index is 3.75. The fourth-order valence-electron chi connectivity index (χ4n) is 1.51. The molecular formula is C13H19Br. The Hall–Kier alpha value is -0.300. The fraction of sp³-hybridized carbons (Fsp3) is 0.538. The number of alkyl halides is 1. The van der Waals surface area contributed by atoms with Gasteiger partial charge in [0.2, 0.25) is 0 Å². The van der Waals surface area contributed by atoms with Gasteiger partial charge in [0.25, 0.3) is 0 Å². The second kappa shape index (κ2) is 5.55. The van der Waals surface area contributed by atoms with E-state index in [9.17, 15) is 0 Å². The van der Waals surface area contributed by atoms with Crippen LogP contribution in [0, 0.1) is 13.8 Å². The van der Waals surface area contributed by atoms with Gasteiger partial charge in [0.1, 0.15) is 0 Å². The molecule has 1 rings (SSSR count). The number of hydrogen-bond donors (Lipinski definition) is 0. The normalized spacial score (nSPS) is 12.9. The maximum absolute atomic E-state index is 3.75. The molecule has 0 aliphatic carbocycles. The molecule has 0 fully saturated rings. The summed E-state index contributed by atoms with van der Waals surface area (Å²) in [6.07, 6.45) is 3.80.